The van der Waals surface area contributed by atoms with Crippen molar-refractivity contribution in [2.24, 2.45) is 28.6 Å². The summed E-state index contributed by atoms with van der Waals surface area (Å²) in [6.07, 6.45) is 14.5. The standard InChI is InChI=1S/C33H46O2/c1-30(2)20-34-33(35-21-30)14-12-25-23(18-33)10-11-26-28-9-6-13-32(28,4)19-27(29(25)26)22-7-5-8-24(17-22)31(3)15-16-31/h5,7-8,17,23,26-28H,6,9-16,18-21H2,1-4H3. The topological polar surface area (TPSA) is 18.5 Å². The molecule has 35 heavy (non-hydrogen) atoms. The molecule has 1 heterocycles. The van der Waals surface area contributed by atoms with Gasteiger partial charge in [0, 0.05) is 24.2 Å². The van der Waals surface area contributed by atoms with Crippen LogP contribution in [0.15, 0.2) is 35.4 Å². The molecule has 5 unspecified atom stereocenters. The number of benzene rings is 1. The molecular weight excluding hydrogens is 428 g/mol. The van der Waals surface area contributed by atoms with Crippen molar-refractivity contribution in [3.63, 3.8) is 0 Å². The Balaban J connectivity index is 1.27. The fourth-order valence-electron chi connectivity index (χ4n) is 9.14. The Morgan fingerprint density at radius 1 is 0.857 bits per heavy atom. The van der Waals surface area contributed by atoms with Crippen LogP contribution in [0.5, 0.6) is 0 Å². The average Bonchev–Trinajstić information content (AvgIpc) is 3.48. The molecule has 5 aliphatic carbocycles. The van der Waals surface area contributed by atoms with E-state index in [-0.39, 0.29) is 11.2 Å². The molecule has 1 spiro atoms. The van der Waals surface area contributed by atoms with Gasteiger partial charge in [-0.15, -0.1) is 0 Å². The zero-order chi connectivity index (χ0) is 24.1. The summed E-state index contributed by atoms with van der Waals surface area (Å²) in [5, 5.41) is 0. The van der Waals surface area contributed by atoms with E-state index >= 15 is 0 Å². The lowest BCUT2D eigenvalue weighted by Gasteiger charge is -2.55. The minimum absolute atomic E-state index is 0.145. The lowest BCUT2D eigenvalue weighted by Crippen LogP contribution is -2.51. The Morgan fingerprint density at radius 3 is 2.43 bits per heavy atom. The van der Waals surface area contributed by atoms with Crippen LogP contribution < -0.4 is 0 Å². The van der Waals surface area contributed by atoms with Crippen molar-refractivity contribution < 1.29 is 9.47 Å². The van der Waals surface area contributed by atoms with Crippen LogP contribution in [0.3, 0.4) is 0 Å². The van der Waals surface area contributed by atoms with Gasteiger partial charge in [-0.05, 0) is 91.1 Å². The van der Waals surface area contributed by atoms with Gasteiger partial charge >= 0.3 is 0 Å². The number of allylic oxidation sites excluding steroid dienone is 2. The molecule has 1 aromatic rings. The van der Waals surface area contributed by atoms with Gasteiger partial charge in [0.05, 0.1) is 13.2 Å². The molecule has 6 aliphatic rings. The smallest absolute Gasteiger partial charge is 0.169 e. The van der Waals surface area contributed by atoms with Gasteiger partial charge in [0.15, 0.2) is 5.79 Å². The van der Waals surface area contributed by atoms with E-state index < -0.39 is 0 Å². The number of fused-ring (bicyclic) bond motifs is 4. The van der Waals surface area contributed by atoms with E-state index in [0.717, 1.165) is 37.9 Å². The van der Waals surface area contributed by atoms with E-state index in [1.165, 1.54) is 57.8 Å². The Kier molecular flexibility index (Phi) is 5.07. The third-order valence-electron chi connectivity index (χ3n) is 11.5. The van der Waals surface area contributed by atoms with Crippen molar-refractivity contribution in [3.05, 3.63) is 46.5 Å². The van der Waals surface area contributed by atoms with E-state index in [2.05, 4.69) is 52.0 Å². The van der Waals surface area contributed by atoms with E-state index in [4.69, 9.17) is 9.47 Å². The number of rotatable bonds is 2. The van der Waals surface area contributed by atoms with Gasteiger partial charge in [-0.3, -0.25) is 0 Å². The quantitative estimate of drug-likeness (QED) is 0.401. The highest BCUT2D eigenvalue weighted by Gasteiger charge is 2.55. The number of ether oxygens (including phenoxy) is 2. The monoisotopic (exact) mass is 474 g/mol. The molecule has 1 aromatic carbocycles. The van der Waals surface area contributed by atoms with Crippen LogP contribution in [0.4, 0.5) is 0 Å². The second kappa shape index (κ2) is 7.70. The van der Waals surface area contributed by atoms with Gasteiger partial charge in [0.25, 0.3) is 0 Å². The molecular formula is C33H46O2. The Bertz CT molecular complexity index is 1030. The van der Waals surface area contributed by atoms with Crippen molar-refractivity contribution in [1.29, 1.82) is 0 Å². The Labute approximate surface area is 213 Å². The molecule has 0 aromatic heterocycles. The first kappa shape index (κ1) is 23.0. The van der Waals surface area contributed by atoms with Crippen molar-refractivity contribution in [1.82, 2.24) is 0 Å². The largest absolute Gasteiger partial charge is 0.349 e. The van der Waals surface area contributed by atoms with Gasteiger partial charge in [-0.25, -0.2) is 0 Å². The van der Waals surface area contributed by atoms with Gasteiger partial charge in [-0.1, -0.05) is 69.5 Å². The minimum atomic E-state index is -0.316. The third-order valence-corrected chi connectivity index (χ3v) is 11.5. The van der Waals surface area contributed by atoms with Crippen LogP contribution in [0.25, 0.3) is 0 Å². The highest BCUT2D eigenvalue weighted by atomic mass is 16.7. The van der Waals surface area contributed by atoms with Crippen LogP contribution in [0.1, 0.15) is 115 Å². The summed E-state index contributed by atoms with van der Waals surface area (Å²) >= 11 is 0. The molecule has 5 fully saturated rings. The van der Waals surface area contributed by atoms with Crippen LogP contribution >= 0.6 is 0 Å². The van der Waals surface area contributed by atoms with Crippen LogP contribution in [-0.4, -0.2) is 19.0 Å². The summed E-state index contributed by atoms with van der Waals surface area (Å²) in [6, 6.07) is 9.89. The molecule has 5 atom stereocenters. The van der Waals surface area contributed by atoms with E-state index in [1.807, 2.05) is 11.1 Å². The summed E-state index contributed by atoms with van der Waals surface area (Å²) in [5.41, 5.74) is 8.08. The molecule has 0 amide bonds. The maximum Gasteiger partial charge on any atom is 0.169 e. The fraction of sp³-hybridized carbons (Fsp3) is 0.758. The predicted molar refractivity (Wildman–Crippen MR) is 141 cm³/mol. The average molecular weight is 475 g/mol. The molecule has 4 saturated carbocycles. The zero-order valence-electron chi connectivity index (χ0n) is 22.6. The lowest BCUT2D eigenvalue weighted by molar-refractivity contribution is -0.312. The summed E-state index contributed by atoms with van der Waals surface area (Å²) in [7, 11) is 0. The molecule has 0 N–H and O–H groups in total. The highest BCUT2D eigenvalue weighted by Crippen LogP contribution is 2.65. The van der Waals surface area contributed by atoms with Crippen LogP contribution in [0, 0.1) is 28.6 Å². The molecule has 2 nitrogen and oxygen atoms in total. The molecule has 2 heteroatoms. The van der Waals surface area contributed by atoms with Crippen molar-refractivity contribution >= 4 is 0 Å². The van der Waals surface area contributed by atoms with Crippen molar-refractivity contribution in [2.45, 2.75) is 115 Å². The van der Waals surface area contributed by atoms with E-state index in [1.54, 1.807) is 11.1 Å². The molecule has 1 saturated heterocycles. The third kappa shape index (κ3) is 3.71. The van der Waals surface area contributed by atoms with Crippen molar-refractivity contribution in [3.8, 4) is 0 Å². The molecule has 7 rings (SSSR count). The van der Waals surface area contributed by atoms with Gasteiger partial charge in [0.2, 0.25) is 0 Å². The van der Waals surface area contributed by atoms with Gasteiger partial charge in [-0.2, -0.15) is 0 Å². The Morgan fingerprint density at radius 2 is 1.66 bits per heavy atom. The first-order valence-corrected chi connectivity index (χ1v) is 14.8. The lowest BCUT2D eigenvalue weighted by atomic mass is 9.52. The summed E-state index contributed by atoms with van der Waals surface area (Å²) in [4.78, 5) is 0. The normalized spacial score (nSPS) is 40.7. The van der Waals surface area contributed by atoms with Crippen LogP contribution in [0.2, 0.25) is 0 Å². The summed E-state index contributed by atoms with van der Waals surface area (Å²) < 4.78 is 13.0. The van der Waals surface area contributed by atoms with Gasteiger partial charge in [0.1, 0.15) is 0 Å². The highest BCUT2D eigenvalue weighted by molar-refractivity contribution is 5.43. The number of hydrogen-bond acceptors (Lipinski definition) is 2. The molecule has 190 valence electrons. The SMILES string of the molecule is CC1(C)COC2(CCC3=C4C(c5cccc(C6(C)CC6)c5)CC5(C)CCCC5C4CCC3C2)OC1. The first-order valence-electron chi connectivity index (χ1n) is 14.8. The second-order valence-electron chi connectivity index (χ2n) is 14.8. The van der Waals surface area contributed by atoms with Gasteiger partial charge < -0.3 is 9.47 Å². The molecule has 0 radical (unpaired) electrons. The zero-order valence-corrected chi connectivity index (χ0v) is 22.6. The minimum Gasteiger partial charge on any atom is -0.349 e. The maximum absolute atomic E-state index is 6.52. The predicted octanol–water partition coefficient (Wildman–Crippen LogP) is 8.31. The second-order valence-corrected chi connectivity index (χ2v) is 14.8. The van der Waals surface area contributed by atoms with Crippen LogP contribution in [-0.2, 0) is 14.9 Å². The summed E-state index contributed by atoms with van der Waals surface area (Å²) in [6.45, 7) is 11.3. The fourth-order valence-corrected chi connectivity index (χ4v) is 9.14. The van der Waals surface area contributed by atoms with Crippen molar-refractivity contribution in [2.75, 3.05) is 13.2 Å². The summed E-state index contributed by atoms with van der Waals surface area (Å²) in [5.74, 6) is 2.69. The Hall–Kier alpha value is -1.12. The number of hydrogen-bond donors (Lipinski definition) is 0. The first-order chi connectivity index (χ1) is 16.7. The molecule has 1 aliphatic heterocycles. The maximum atomic E-state index is 6.52. The van der Waals surface area contributed by atoms with E-state index in [0.29, 0.717) is 22.7 Å². The molecule has 0 bridgehead atoms. The van der Waals surface area contributed by atoms with E-state index in [9.17, 15) is 0 Å².